The second kappa shape index (κ2) is 3.43. The fourth-order valence-corrected chi connectivity index (χ4v) is 1.20. The van der Waals surface area contributed by atoms with Crippen LogP contribution in [-0.4, -0.2) is 10.9 Å². The lowest BCUT2D eigenvalue weighted by molar-refractivity contribution is 0.0999. The second-order valence-corrected chi connectivity index (χ2v) is 3.18. The SMILES string of the molecule is CC(C)c1nccc(N)c1C(N)=O. The summed E-state index contributed by atoms with van der Waals surface area (Å²) < 4.78 is 0. The average Bonchev–Trinajstić information content (AvgIpc) is 2.02. The molecule has 4 heteroatoms. The summed E-state index contributed by atoms with van der Waals surface area (Å²) in [5, 5.41) is 0. The first-order valence-electron chi connectivity index (χ1n) is 4.08. The third kappa shape index (κ3) is 1.77. The van der Waals surface area contributed by atoms with E-state index in [4.69, 9.17) is 11.5 Å². The van der Waals surface area contributed by atoms with Crippen molar-refractivity contribution < 1.29 is 4.79 Å². The summed E-state index contributed by atoms with van der Waals surface area (Å²) in [6.07, 6.45) is 1.58. The van der Waals surface area contributed by atoms with E-state index in [1.165, 1.54) is 0 Å². The van der Waals surface area contributed by atoms with Gasteiger partial charge in [-0.3, -0.25) is 9.78 Å². The number of nitrogen functional groups attached to an aromatic ring is 1. The van der Waals surface area contributed by atoms with Crippen molar-refractivity contribution >= 4 is 11.6 Å². The third-order valence-corrected chi connectivity index (χ3v) is 1.81. The summed E-state index contributed by atoms with van der Waals surface area (Å²) in [7, 11) is 0. The number of hydrogen-bond acceptors (Lipinski definition) is 3. The standard InChI is InChI=1S/C9H13N3O/c1-5(2)8-7(9(11)13)6(10)3-4-12-8/h3-5H,1-2H3,(H2,10,12)(H2,11,13). The van der Waals surface area contributed by atoms with Crippen LogP contribution >= 0.6 is 0 Å². The molecule has 1 amide bonds. The molecule has 70 valence electrons. The predicted octanol–water partition coefficient (Wildman–Crippen LogP) is 0.886. The number of hydrogen-bond donors (Lipinski definition) is 2. The van der Waals surface area contributed by atoms with Crippen LogP contribution in [-0.2, 0) is 0 Å². The molecule has 0 radical (unpaired) electrons. The van der Waals surface area contributed by atoms with Crippen molar-refractivity contribution in [2.45, 2.75) is 19.8 Å². The van der Waals surface area contributed by atoms with Gasteiger partial charge in [0.05, 0.1) is 11.3 Å². The van der Waals surface area contributed by atoms with Crippen LogP contribution in [0.25, 0.3) is 0 Å². The van der Waals surface area contributed by atoms with Gasteiger partial charge in [-0.25, -0.2) is 0 Å². The summed E-state index contributed by atoms with van der Waals surface area (Å²) in [4.78, 5) is 15.1. The Morgan fingerprint density at radius 1 is 1.54 bits per heavy atom. The summed E-state index contributed by atoms with van der Waals surface area (Å²) in [5.41, 5.74) is 12.2. The molecule has 1 aromatic rings. The minimum absolute atomic E-state index is 0.144. The number of anilines is 1. The fraction of sp³-hybridized carbons (Fsp3) is 0.333. The quantitative estimate of drug-likeness (QED) is 0.707. The number of aromatic nitrogens is 1. The largest absolute Gasteiger partial charge is 0.398 e. The Kier molecular flexibility index (Phi) is 2.51. The van der Waals surface area contributed by atoms with E-state index in [1.54, 1.807) is 12.3 Å². The highest BCUT2D eigenvalue weighted by molar-refractivity contribution is 5.99. The number of carbonyl (C=O) groups is 1. The minimum Gasteiger partial charge on any atom is -0.398 e. The average molecular weight is 179 g/mol. The molecule has 0 unspecified atom stereocenters. The molecule has 0 spiro atoms. The van der Waals surface area contributed by atoms with Crippen LogP contribution in [0.3, 0.4) is 0 Å². The summed E-state index contributed by atoms with van der Waals surface area (Å²) in [6, 6.07) is 1.58. The molecular formula is C9H13N3O. The lowest BCUT2D eigenvalue weighted by Crippen LogP contribution is -2.17. The molecule has 0 atom stereocenters. The molecule has 0 bridgehead atoms. The maximum absolute atomic E-state index is 11.0. The van der Waals surface area contributed by atoms with Gasteiger partial charge in [0.1, 0.15) is 0 Å². The van der Waals surface area contributed by atoms with Crippen molar-refractivity contribution in [1.29, 1.82) is 0 Å². The van der Waals surface area contributed by atoms with E-state index < -0.39 is 5.91 Å². The number of nitrogens with two attached hydrogens (primary N) is 2. The van der Waals surface area contributed by atoms with Crippen molar-refractivity contribution in [3.8, 4) is 0 Å². The van der Waals surface area contributed by atoms with E-state index in [-0.39, 0.29) is 5.92 Å². The summed E-state index contributed by atoms with van der Waals surface area (Å²) >= 11 is 0. The fourth-order valence-electron chi connectivity index (χ4n) is 1.20. The van der Waals surface area contributed by atoms with E-state index in [0.717, 1.165) is 0 Å². The molecule has 1 rings (SSSR count). The molecule has 0 aliphatic heterocycles. The molecular weight excluding hydrogens is 166 g/mol. The van der Waals surface area contributed by atoms with Gasteiger partial charge >= 0.3 is 0 Å². The van der Waals surface area contributed by atoms with E-state index in [0.29, 0.717) is 16.9 Å². The van der Waals surface area contributed by atoms with Crippen LogP contribution < -0.4 is 11.5 Å². The molecule has 1 heterocycles. The van der Waals surface area contributed by atoms with Gasteiger partial charge in [-0.2, -0.15) is 0 Å². The first kappa shape index (κ1) is 9.51. The summed E-state index contributed by atoms with van der Waals surface area (Å²) in [6.45, 7) is 3.88. The Labute approximate surface area is 77.0 Å². The van der Waals surface area contributed by atoms with Crippen LogP contribution in [0.2, 0.25) is 0 Å². The Morgan fingerprint density at radius 3 is 2.54 bits per heavy atom. The number of nitrogens with zero attached hydrogens (tertiary/aromatic N) is 1. The lowest BCUT2D eigenvalue weighted by Gasteiger charge is -2.10. The molecule has 0 saturated heterocycles. The van der Waals surface area contributed by atoms with E-state index in [9.17, 15) is 4.79 Å². The van der Waals surface area contributed by atoms with E-state index in [1.807, 2.05) is 13.8 Å². The highest BCUT2D eigenvalue weighted by atomic mass is 16.1. The molecule has 0 aromatic carbocycles. The predicted molar refractivity (Wildman–Crippen MR) is 51.3 cm³/mol. The number of carbonyl (C=O) groups excluding carboxylic acids is 1. The highest BCUT2D eigenvalue weighted by Gasteiger charge is 2.15. The number of pyridine rings is 1. The first-order valence-corrected chi connectivity index (χ1v) is 4.08. The van der Waals surface area contributed by atoms with Crippen molar-refractivity contribution in [1.82, 2.24) is 4.98 Å². The summed E-state index contributed by atoms with van der Waals surface area (Å²) in [5.74, 6) is -0.375. The molecule has 0 fully saturated rings. The highest BCUT2D eigenvalue weighted by Crippen LogP contribution is 2.20. The molecule has 1 aromatic heterocycles. The van der Waals surface area contributed by atoms with Crippen molar-refractivity contribution in [3.63, 3.8) is 0 Å². The van der Waals surface area contributed by atoms with Gasteiger partial charge in [0.15, 0.2) is 0 Å². The Morgan fingerprint density at radius 2 is 2.15 bits per heavy atom. The maximum Gasteiger partial charge on any atom is 0.252 e. The van der Waals surface area contributed by atoms with Crippen molar-refractivity contribution in [2.75, 3.05) is 5.73 Å². The van der Waals surface area contributed by atoms with Gasteiger partial charge in [-0.05, 0) is 12.0 Å². The smallest absolute Gasteiger partial charge is 0.252 e. The first-order chi connectivity index (χ1) is 6.04. The van der Waals surface area contributed by atoms with Crippen LogP contribution in [0.4, 0.5) is 5.69 Å². The van der Waals surface area contributed by atoms with E-state index in [2.05, 4.69) is 4.98 Å². The molecule has 0 aliphatic carbocycles. The Bertz CT molecular complexity index is 334. The van der Waals surface area contributed by atoms with Crippen LogP contribution in [0.15, 0.2) is 12.3 Å². The van der Waals surface area contributed by atoms with Crippen LogP contribution in [0.5, 0.6) is 0 Å². The zero-order valence-electron chi connectivity index (χ0n) is 7.74. The molecule has 13 heavy (non-hydrogen) atoms. The number of rotatable bonds is 2. The van der Waals surface area contributed by atoms with Gasteiger partial charge in [0.2, 0.25) is 0 Å². The Hall–Kier alpha value is -1.58. The maximum atomic E-state index is 11.0. The van der Waals surface area contributed by atoms with Gasteiger partial charge in [0.25, 0.3) is 5.91 Å². The van der Waals surface area contributed by atoms with Gasteiger partial charge in [0, 0.05) is 11.9 Å². The van der Waals surface area contributed by atoms with Gasteiger partial charge < -0.3 is 11.5 Å². The zero-order chi connectivity index (χ0) is 10.0. The van der Waals surface area contributed by atoms with Crippen molar-refractivity contribution in [3.05, 3.63) is 23.5 Å². The molecule has 4 N–H and O–H groups in total. The lowest BCUT2D eigenvalue weighted by atomic mass is 10.0. The molecule has 4 nitrogen and oxygen atoms in total. The number of amides is 1. The van der Waals surface area contributed by atoms with Crippen LogP contribution in [0.1, 0.15) is 35.8 Å². The van der Waals surface area contributed by atoms with Gasteiger partial charge in [-0.1, -0.05) is 13.8 Å². The molecule has 0 aliphatic rings. The topological polar surface area (TPSA) is 82.0 Å². The second-order valence-electron chi connectivity index (χ2n) is 3.18. The minimum atomic E-state index is -0.519. The normalized spacial score (nSPS) is 10.4. The van der Waals surface area contributed by atoms with Crippen LogP contribution in [0, 0.1) is 0 Å². The van der Waals surface area contributed by atoms with Gasteiger partial charge in [-0.15, -0.1) is 0 Å². The monoisotopic (exact) mass is 179 g/mol. The molecule has 0 saturated carbocycles. The number of primary amides is 1. The Balaban J connectivity index is 3.34. The van der Waals surface area contributed by atoms with Crippen molar-refractivity contribution in [2.24, 2.45) is 5.73 Å². The third-order valence-electron chi connectivity index (χ3n) is 1.81. The van der Waals surface area contributed by atoms with E-state index >= 15 is 0 Å². The zero-order valence-corrected chi connectivity index (χ0v) is 7.74.